The number of aromatic nitrogens is 2. The highest BCUT2D eigenvalue weighted by Gasteiger charge is 2.17. The van der Waals surface area contributed by atoms with Gasteiger partial charge in [-0.1, -0.05) is 31.7 Å². The topological polar surface area (TPSA) is 113 Å². The molecule has 8 nitrogen and oxygen atoms in total. The first-order valence-corrected chi connectivity index (χ1v) is 9.89. The number of nitrogens with zero attached hydrogens (tertiary/aromatic N) is 2. The molecule has 29 heavy (non-hydrogen) atoms. The second-order valence-electron chi connectivity index (χ2n) is 7.43. The molecule has 1 aliphatic carbocycles. The van der Waals surface area contributed by atoms with Crippen molar-refractivity contribution in [1.29, 1.82) is 0 Å². The summed E-state index contributed by atoms with van der Waals surface area (Å²) in [5.74, 6) is -0.819. The third-order valence-corrected chi connectivity index (χ3v) is 5.32. The van der Waals surface area contributed by atoms with Gasteiger partial charge in [0.25, 0.3) is 0 Å². The van der Waals surface area contributed by atoms with Crippen molar-refractivity contribution in [2.75, 3.05) is 11.9 Å². The molecule has 8 heteroatoms. The first-order valence-electron chi connectivity index (χ1n) is 9.89. The molecule has 0 spiro atoms. The van der Waals surface area contributed by atoms with Gasteiger partial charge in [-0.2, -0.15) is 5.10 Å². The molecular formula is C21H26N4O4. The number of carboxylic acid groups (broad SMARTS) is 1. The lowest BCUT2D eigenvalue weighted by molar-refractivity contribution is -0.124. The minimum atomic E-state index is -1.04. The van der Waals surface area contributed by atoms with Gasteiger partial charge in [0.2, 0.25) is 11.8 Å². The summed E-state index contributed by atoms with van der Waals surface area (Å²) in [4.78, 5) is 35.3. The van der Waals surface area contributed by atoms with Crippen LogP contribution >= 0.6 is 0 Å². The van der Waals surface area contributed by atoms with E-state index in [1.807, 2.05) is 0 Å². The minimum Gasteiger partial charge on any atom is -0.478 e. The van der Waals surface area contributed by atoms with Gasteiger partial charge in [-0.05, 0) is 37.5 Å². The average molecular weight is 398 g/mol. The van der Waals surface area contributed by atoms with E-state index in [1.165, 1.54) is 36.6 Å². The summed E-state index contributed by atoms with van der Waals surface area (Å²) in [6, 6.07) is 6.93. The van der Waals surface area contributed by atoms with Crippen molar-refractivity contribution in [3.8, 4) is 5.69 Å². The molecule has 0 bridgehead atoms. The average Bonchev–Trinajstić information content (AvgIpc) is 3.34. The maximum absolute atomic E-state index is 12.2. The summed E-state index contributed by atoms with van der Waals surface area (Å²) in [6.07, 6.45) is 7.55. The number of benzene rings is 1. The van der Waals surface area contributed by atoms with Crippen molar-refractivity contribution in [2.24, 2.45) is 5.92 Å². The number of hydrogen-bond acceptors (Lipinski definition) is 4. The van der Waals surface area contributed by atoms with E-state index in [0.29, 0.717) is 29.4 Å². The van der Waals surface area contributed by atoms with E-state index in [0.717, 1.165) is 6.42 Å². The van der Waals surface area contributed by atoms with Crippen LogP contribution in [0.2, 0.25) is 0 Å². The van der Waals surface area contributed by atoms with E-state index >= 15 is 0 Å². The predicted molar refractivity (Wildman–Crippen MR) is 108 cm³/mol. The molecule has 0 saturated heterocycles. The number of carbonyl (C=O) groups is 3. The molecule has 3 rings (SSSR count). The Morgan fingerprint density at radius 1 is 1.21 bits per heavy atom. The molecule has 1 aromatic carbocycles. The Morgan fingerprint density at radius 2 is 1.97 bits per heavy atom. The molecule has 1 fully saturated rings. The summed E-state index contributed by atoms with van der Waals surface area (Å²) < 4.78 is 1.50. The Hall–Kier alpha value is -3.16. The zero-order valence-corrected chi connectivity index (χ0v) is 16.5. The number of rotatable bonds is 8. The zero-order valence-electron chi connectivity index (χ0n) is 16.5. The van der Waals surface area contributed by atoms with Gasteiger partial charge in [-0.15, -0.1) is 0 Å². The minimum absolute atomic E-state index is 0.0856. The van der Waals surface area contributed by atoms with Gasteiger partial charge in [0, 0.05) is 12.1 Å². The Morgan fingerprint density at radius 3 is 2.66 bits per heavy atom. The molecule has 0 unspecified atom stereocenters. The maximum atomic E-state index is 12.2. The molecule has 0 aliphatic heterocycles. The number of amides is 2. The molecular weight excluding hydrogens is 372 g/mol. The van der Waals surface area contributed by atoms with Crippen molar-refractivity contribution >= 4 is 23.5 Å². The van der Waals surface area contributed by atoms with Crippen LogP contribution in [0.3, 0.4) is 0 Å². The number of anilines is 1. The Bertz CT molecular complexity index is 900. The van der Waals surface area contributed by atoms with Crippen molar-refractivity contribution < 1.29 is 19.5 Å². The van der Waals surface area contributed by atoms with Crippen LogP contribution in [0.1, 0.15) is 54.6 Å². The predicted octanol–water partition coefficient (Wildman–Crippen LogP) is 2.90. The number of carboxylic acids is 1. The molecule has 0 atom stereocenters. The third-order valence-electron chi connectivity index (χ3n) is 5.32. The van der Waals surface area contributed by atoms with E-state index in [9.17, 15) is 14.4 Å². The molecule has 3 N–H and O–H groups in total. The van der Waals surface area contributed by atoms with Crippen LogP contribution in [0.15, 0.2) is 30.5 Å². The van der Waals surface area contributed by atoms with Crippen molar-refractivity contribution in [1.82, 2.24) is 15.1 Å². The first kappa shape index (κ1) is 20.6. The van der Waals surface area contributed by atoms with Crippen molar-refractivity contribution in [3.63, 3.8) is 0 Å². The number of carbonyl (C=O) groups excluding carboxylic acids is 2. The van der Waals surface area contributed by atoms with Crippen LogP contribution in [-0.2, 0) is 9.59 Å². The van der Waals surface area contributed by atoms with E-state index < -0.39 is 5.97 Å². The lowest BCUT2D eigenvalue weighted by Crippen LogP contribution is -2.32. The highest BCUT2D eigenvalue weighted by Crippen LogP contribution is 2.28. The number of aromatic carboxylic acids is 1. The molecule has 154 valence electrons. The van der Waals surface area contributed by atoms with Gasteiger partial charge < -0.3 is 15.7 Å². The van der Waals surface area contributed by atoms with Gasteiger partial charge >= 0.3 is 5.97 Å². The molecule has 1 aliphatic rings. The van der Waals surface area contributed by atoms with E-state index in [2.05, 4.69) is 15.7 Å². The second-order valence-corrected chi connectivity index (χ2v) is 7.43. The number of hydrogen-bond donors (Lipinski definition) is 3. The standard InChI is InChI=1S/C21H26N4O4/c1-14-18(21(28)29)12-23-25(14)17-8-4-7-16(11-17)24-20(27)13-22-19(26)10-9-15-5-2-3-6-15/h4,7-8,11-12,15H,2-3,5-6,9-10,13H2,1H3,(H,22,26)(H,24,27)(H,28,29). The van der Waals surface area contributed by atoms with Gasteiger partial charge in [0.15, 0.2) is 0 Å². The second kappa shape index (κ2) is 9.36. The highest BCUT2D eigenvalue weighted by molar-refractivity contribution is 5.94. The lowest BCUT2D eigenvalue weighted by Gasteiger charge is -2.11. The summed E-state index contributed by atoms with van der Waals surface area (Å²) in [6.45, 7) is 1.58. The van der Waals surface area contributed by atoms with E-state index in [1.54, 1.807) is 31.2 Å². The number of nitrogens with one attached hydrogen (secondary N) is 2. The van der Waals surface area contributed by atoms with Gasteiger partial charge in [-0.25, -0.2) is 9.48 Å². The molecule has 1 aromatic heterocycles. The summed E-state index contributed by atoms with van der Waals surface area (Å²) in [5.41, 5.74) is 1.79. The molecule has 2 amide bonds. The van der Waals surface area contributed by atoms with Gasteiger partial charge in [0.05, 0.1) is 24.1 Å². The van der Waals surface area contributed by atoms with Crippen LogP contribution in [0, 0.1) is 12.8 Å². The van der Waals surface area contributed by atoms with Crippen molar-refractivity contribution in [3.05, 3.63) is 41.7 Å². The quantitative estimate of drug-likeness (QED) is 0.633. The summed E-state index contributed by atoms with van der Waals surface area (Å²) in [7, 11) is 0. The SMILES string of the molecule is Cc1c(C(=O)O)cnn1-c1cccc(NC(=O)CNC(=O)CCC2CCCC2)c1. The van der Waals surface area contributed by atoms with Crippen molar-refractivity contribution in [2.45, 2.75) is 45.4 Å². The smallest absolute Gasteiger partial charge is 0.339 e. The fraction of sp³-hybridized carbons (Fsp3) is 0.429. The Labute approximate surface area is 169 Å². The maximum Gasteiger partial charge on any atom is 0.339 e. The highest BCUT2D eigenvalue weighted by atomic mass is 16.4. The molecule has 1 heterocycles. The molecule has 1 saturated carbocycles. The van der Waals surface area contributed by atoms with Crippen LogP contribution in [0.4, 0.5) is 5.69 Å². The fourth-order valence-electron chi connectivity index (χ4n) is 3.70. The zero-order chi connectivity index (χ0) is 20.8. The van der Waals surface area contributed by atoms with Crippen LogP contribution in [0.5, 0.6) is 0 Å². The Kier molecular flexibility index (Phi) is 6.64. The van der Waals surface area contributed by atoms with Crippen LogP contribution < -0.4 is 10.6 Å². The summed E-state index contributed by atoms with van der Waals surface area (Å²) in [5, 5.41) is 18.7. The fourth-order valence-corrected chi connectivity index (χ4v) is 3.70. The molecule has 2 aromatic rings. The largest absolute Gasteiger partial charge is 0.478 e. The van der Waals surface area contributed by atoms with Crippen LogP contribution in [0.25, 0.3) is 5.69 Å². The van der Waals surface area contributed by atoms with Gasteiger partial charge in [0.1, 0.15) is 5.56 Å². The summed E-state index contributed by atoms with van der Waals surface area (Å²) >= 11 is 0. The van der Waals surface area contributed by atoms with E-state index in [4.69, 9.17) is 5.11 Å². The van der Waals surface area contributed by atoms with E-state index in [-0.39, 0.29) is 23.9 Å². The third kappa shape index (κ3) is 5.43. The van der Waals surface area contributed by atoms with Gasteiger partial charge in [-0.3, -0.25) is 9.59 Å². The monoisotopic (exact) mass is 398 g/mol. The first-order chi connectivity index (χ1) is 13.9. The normalized spacial score (nSPS) is 14.0. The van der Waals surface area contributed by atoms with Crippen LogP contribution in [-0.4, -0.2) is 39.2 Å². The molecule has 0 radical (unpaired) electrons. The lowest BCUT2D eigenvalue weighted by atomic mass is 10.0. The Balaban J connectivity index is 1.52.